The zero-order valence-electron chi connectivity index (χ0n) is 49.4. The number of hydrogen-bond donors (Lipinski definition) is 0. The maximum atomic E-state index is 6.08. The fourth-order valence-electron chi connectivity index (χ4n) is 11.7. The van der Waals surface area contributed by atoms with E-state index in [4.69, 9.17) is 4.74 Å². The summed E-state index contributed by atoms with van der Waals surface area (Å²) in [7, 11) is 0. The highest BCUT2D eigenvalue weighted by Crippen LogP contribution is 2.27. The predicted octanol–water partition coefficient (Wildman–Crippen LogP) is 25.7. The lowest BCUT2D eigenvalue weighted by atomic mass is 9.89. The Hall–Kier alpha value is -0.0400. The summed E-state index contributed by atoms with van der Waals surface area (Å²) in [5.74, 6) is 2.03. The molecule has 0 saturated carbocycles. The van der Waals surface area contributed by atoms with Crippen LogP contribution in [-0.4, -0.2) is 13.2 Å². The second kappa shape index (κ2) is 64.1. The van der Waals surface area contributed by atoms with Gasteiger partial charge in [-0.05, 0) is 24.7 Å². The summed E-state index contributed by atoms with van der Waals surface area (Å²) in [6.45, 7) is 11.3. The summed E-state index contributed by atoms with van der Waals surface area (Å²) >= 11 is 0. The number of unbranched alkanes of at least 4 members (excludes halogenated alkanes) is 48. The molecule has 0 aromatic carbocycles. The zero-order valence-corrected chi connectivity index (χ0v) is 49.4. The Morgan fingerprint density at radius 1 is 0.159 bits per heavy atom. The lowest BCUT2D eigenvalue weighted by Gasteiger charge is -2.17. The van der Waals surface area contributed by atoms with Gasteiger partial charge in [0.1, 0.15) is 0 Å². The second-order valence-electron chi connectivity index (χ2n) is 23.8. The Morgan fingerprint density at radius 3 is 0.449 bits per heavy atom. The molecule has 0 spiro atoms. The van der Waals surface area contributed by atoms with Gasteiger partial charge in [0.25, 0.3) is 0 Å². The maximum Gasteiger partial charge on any atom is 0.0466 e. The van der Waals surface area contributed by atoms with Gasteiger partial charge < -0.3 is 4.74 Å². The minimum absolute atomic E-state index is 0.999. The molecule has 2 unspecified atom stereocenters. The van der Waals surface area contributed by atoms with Crippen molar-refractivity contribution in [2.24, 2.45) is 11.8 Å². The summed E-state index contributed by atoms with van der Waals surface area (Å²) in [5.41, 5.74) is 0. The molecule has 1 heteroatoms. The van der Waals surface area contributed by atoms with Gasteiger partial charge in [-0.1, -0.05) is 400 Å². The second-order valence-corrected chi connectivity index (χ2v) is 23.8. The van der Waals surface area contributed by atoms with Gasteiger partial charge in [-0.3, -0.25) is 0 Å². The fourth-order valence-corrected chi connectivity index (χ4v) is 11.7. The van der Waals surface area contributed by atoms with Crippen LogP contribution in [0.1, 0.15) is 413 Å². The first kappa shape index (κ1) is 69.0. The predicted molar refractivity (Wildman–Crippen MR) is 318 cm³/mol. The number of rotatable bonds is 64. The van der Waals surface area contributed by atoms with Crippen molar-refractivity contribution in [2.75, 3.05) is 13.2 Å². The summed E-state index contributed by atoms with van der Waals surface area (Å²) in [5, 5.41) is 0. The molecule has 0 radical (unpaired) electrons. The molecule has 0 saturated heterocycles. The van der Waals surface area contributed by atoms with E-state index in [1.165, 1.54) is 385 Å². The molecule has 1 nitrogen and oxygen atoms in total. The highest BCUT2D eigenvalue weighted by atomic mass is 16.5. The molecule has 0 rings (SSSR count). The third kappa shape index (κ3) is 60.4. The SMILES string of the molecule is CCCCCCCCCCCCCCCCC(CCCCCCCC)CCCCCCCCCOCCCCCCCCCC(CCCCCCCC)CCCCCCCCCCCCCCCC. The fraction of sp³-hybridized carbons (Fsp3) is 1.00. The third-order valence-electron chi connectivity index (χ3n) is 16.7. The zero-order chi connectivity index (χ0) is 49.7. The van der Waals surface area contributed by atoms with Crippen molar-refractivity contribution in [2.45, 2.75) is 413 Å². The van der Waals surface area contributed by atoms with E-state index >= 15 is 0 Å². The van der Waals surface area contributed by atoms with Gasteiger partial charge in [0.2, 0.25) is 0 Å². The first-order chi connectivity index (χ1) is 34.3. The van der Waals surface area contributed by atoms with Crippen molar-refractivity contribution in [3.8, 4) is 0 Å². The van der Waals surface area contributed by atoms with Crippen LogP contribution in [0.5, 0.6) is 0 Å². The van der Waals surface area contributed by atoms with Gasteiger partial charge in [-0.15, -0.1) is 0 Å². The monoisotopic (exact) mass is 971 g/mol. The smallest absolute Gasteiger partial charge is 0.0466 e. The molecule has 69 heavy (non-hydrogen) atoms. The summed E-state index contributed by atoms with van der Waals surface area (Å²) in [4.78, 5) is 0. The van der Waals surface area contributed by atoms with Crippen molar-refractivity contribution in [3.05, 3.63) is 0 Å². The number of ether oxygens (including phenoxy) is 1. The van der Waals surface area contributed by atoms with E-state index in [2.05, 4.69) is 27.7 Å². The Morgan fingerprint density at radius 2 is 0.290 bits per heavy atom. The average molecular weight is 972 g/mol. The van der Waals surface area contributed by atoms with Crippen molar-refractivity contribution in [3.63, 3.8) is 0 Å². The minimum atomic E-state index is 0.999. The topological polar surface area (TPSA) is 9.23 Å². The van der Waals surface area contributed by atoms with Gasteiger partial charge >= 0.3 is 0 Å². The van der Waals surface area contributed by atoms with Crippen LogP contribution in [0.15, 0.2) is 0 Å². The molecule has 0 aromatic heterocycles. The number of hydrogen-bond acceptors (Lipinski definition) is 1. The Kier molecular flexibility index (Phi) is 64.0. The lowest BCUT2D eigenvalue weighted by Crippen LogP contribution is -2.02. The van der Waals surface area contributed by atoms with E-state index in [0.29, 0.717) is 0 Å². The van der Waals surface area contributed by atoms with Gasteiger partial charge in [0.15, 0.2) is 0 Å². The molecule has 0 aromatic rings. The van der Waals surface area contributed by atoms with E-state index < -0.39 is 0 Å². The van der Waals surface area contributed by atoms with Crippen LogP contribution >= 0.6 is 0 Å². The highest BCUT2D eigenvalue weighted by Gasteiger charge is 2.11. The molecule has 0 bridgehead atoms. The van der Waals surface area contributed by atoms with Crippen molar-refractivity contribution < 1.29 is 4.74 Å². The van der Waals surface area contributed by atoms with Crippen molar-refractivity contribution in [1.82, 2.24) is 0 Å². The van der Waals surface area contributed by atoms with Gasteiger partial charge in [0.05, 0.1) is 0 Å². The first-order valence-electron chi connectivity index (χ1n) is 33.9. The Balaban J connectivity index is 3.87. The van der Waals surface area contributed by atoms with Crippen molar-refractivity contribution in [1.29, 1.82) is 0 Å². The van der Waals surface area contributed by atoms with Crippen LogP contribution in [0, 0.1) is 11.8 Å². The standard InChI is InChI=1S/C68H138O/c1-5-9-13-17-21-23-25-27-29-31-33-37-45-53-61-67(59-51-43-19-15-11-7-3)63-55-47-39-35-41-49-57-65-69-66-58-50-42-36-40-48-56-64-68(60-52-44-20-16-12-8-4)62-54-46-38-34-32-30-28-26-24-22-18-14-10-6-2/h67-68H,5-66H2,1-4H3. The molecule has 0 aliphatic carbocycles. The molecule has 2 atom stereocenters. The van der Waals surface area contributed by atoms with Gasteiger partial charge in [-0.2, -0.15) is 0 Å². The molecular weight excluding hydrogens is 833 g/mol. The van der Waals surface area contributed by atoms with Crippen LogP contribution in [0.4, 0.5) is 0 Å². The third-order valence-corrected chi connectivity index (χ3v) is 16.7. The normalized spacial score (nSPS) is 12.7. The van der Waals surface area contributed by atoms with Crippen molar-refractivity contribution >= 4 is 0 Å². The van der Waals surface area contributed by atoms with Crippen LogP contribution in [0.2, 0.25) is 0 Å². The van der Waals surface area contributed by atoms with E-state index in [-0.39, 0.29) is 0 Å². The van der Waals surface area contributed by atoms with E-state index in [1.54, 1.807) is 0 Å². The molecule has 416 valence electrons. The molecule has 0 fully saturated rings. The molecule has 0 amide bonds. The molecular formula is C68H138O. The van der Waals surface area contributed by atoms with Gasteiger partial charge in [0, 0.05) is 13.2 Å². The van der Waals surface area contributed by atoms with Crippen LogP contribution in [0.3, 0.4) is 0 Å². The summed E-state index contributed by atoms with van der Waals surface area (Å²) < 4.78 is 6.08. The maximum absolute atomic E-state index is 6.08. The molecule has 0 N–H and O–H groups in total. The molecule has 0 heterocycles. The molecule has 0 aliphatic heterocycles. The van der Waals surface area contributed by atoms with Crippen LogP contribution in [0.25, 0.3) is 0 Å². The van der Waals surface area contributed by atoms with Gasteiger partial charge in [-0.25, -0.2) is 0 Å². The van der Waals surface area contributed by atoms with E-state index in [0.717, 1.165) is 25.0 Å². The quantitative estimate of drug-likeness (QED) is 0.0552. The minimum Gasteiger partial charge on any atom is -0.381 e. The summed E-state index contributed by atoms with van der Waals surface area (Å²) in [6.07, 6.45) is 87.7. The van der Waals surface area contributed by atoms with E-state index in [9.17, 15) is 0 Å². The van der Waals surface area contributed by atoms with E-state index in [1.807, 2.05) is 0 Å². The van der Waals surface area contributed by atoms with Crippen LogP contribution in [-0.2, 0) is 4.74 Å². The Bertz CT molecular complexity index is 783. The summed E-state index contributed by atoms with van der Waals surface area (Å²) in [6, 6.07) is 0. The molecule has 0 aliphatic rings. The average Bonchev–Trinajstić information content (AvgIpc) is 3.36. The largest absolute Gasteiger partial charge is 0.381 e. The van der Waals surface area contributed by atoms with Crippen LogP contribution < -0.4 is 0 Å². The highest BCUT2D eigenvalue weighted by molar-refractivity contribution is 4.64. The Labute approximate surface area is 440 Å². The first-order valence-corrected chi connectivity index (χ1v) is 33.9. The lowest BCUT2D eigenvalue weighted by molar-refractivity contribution is 0.125.